The largest absolute Gasteiger partial charge is 0.343 e. The van der Waals surface area contributed by atoms with E-state index in [9.17, 15) is 4.79 Å². The molecule has 4 N–H and O–H groups in total. The fourth-order valence-corrected chi connectivity index (χ4v) is 1.47. The molecule has 0 unspecified atom stereocenters. The third-order valence-corrected chi connectivity index (χ3v) is 2.46. The molecule has 2 aromatic rings. The van der Waals surface area contributed by atoms with Gasteiger partial charge in [0.25, 0.3) is 5.91 Å². The summed E-state index contributed by atoms with van der Waals surface area (Å²) in [5.41, 5.74) is 2.51. The monoisotopic (exact) mass is 262 g/mol. The molecular formula is C10H14N8O. The van der Waals surface area contributed by atoms with Crippen molar-refractivity contribution in [3.8, 4) is 0 Å². The number of hydrazine groups is 1. The molecular weight excluding hydrogens is 248 g/mol. The minimum absolute atomic E-state index is 0.179. The lowest BCUT2D eigenvalue weighted by molar-refractivity contribution is 0.0944. The Bertz CT molecular complexity index is 566. The molecule has 0 bridgehead atoms. The predicted molar refractivity (Wildman–Crippen MR) is 66.7 cm³/mol. The molecule has 9 nitrogen and oxygen atoms in total. The molecule has 1 amide bonds. The number of amides is 1. The van der Waals surface area contributed by atoms with Gasteiger partial charge in [-0.05, 0) is 6.92 Å². The molecule has 0 spiro atoms. The molecule has 0 aliphatic heterocycles. The van der Waals surface area contributed by atoms with Crippen molar-refractivity contribution in [3.63, 3.8) is 0 Å². The quantitative estimate of drug-likeness (QED) is 0.481. The highest BCUT2D eigenvalue weighted by molar-refractivity contribution is 5.92. The van der Waals surface area contributed by atoms with E-state index in [4.69, 9.17) is 5.84 Å². The topological polar surface area (TPSA) is 124 Å². The Hall–Kier alpha value is -2.55. The van der Waals surface area contributed by atoms with Crippen molar-refractivity contribution < 1.29 is 4.79 Å². The van der Waals surface area contributed by atoms with Gasteiger partial charge in [0, 0.05) is 6.54 Å². The first kappa shape index (κ1) is 12.9. The third-order valence-electron chi connectivity index (χ3n) is 2.46. The fraction of sp³-hybridized carbons (Fsp3) is 0.300. The zero-order chi connectivity index (χ0) is 13.7. The van der Waals surface area contributed by atoms with Crippen molar-refractivity contribution in [2.24, 2.45) is 5.84 Å². The normalized spacial score (nSPS) is 10.2. The second-order valence-corrected chi connectivity index (χ2v) is 3.65. The molecule has 0 saturated carbocycles. The Labute approximate surface area is 109 Å². The number of nitrogens with one attached hydrogen (secondary N) is 2. The third kappa shape index (κ3) is 3.01. The lowest BCUT2D eigenvalue weighted by Crippen LogP contribution is -2.26. The summed E-state index contributed by atoms with van der Waals surface area (Å²) in [4.78, 5) is 19.7. The van der Waals surface area contributed by atoms with Crippen molar-refractivity contribution in [2.45, 2.75) is 20.0 Å². The number of nitrogens with zero attached hydrogens (tertiary/aromatic N) is 5. The predicted octanol–water partition coefficient (Wildman–Crippen LogP) is -0.696. The van der Waals surface area contributed by atoms with E-state index in [1.54, 1.807) is 6.33 Å². The van der Waals surface area contributed by atoms with Crippen LogP contribution in [-0.4, -0.2) is 30.6 Å². The number of hydrogen-bond acceptors (Lipinski definition) is 7. The first-order chi connectivity index (χ1) is 9.24. The maximum Gasteiger partial charge on any atom is 0.271 e. The van der Waals surface area contributed by atoms with Crippen LogP contribution in [0.25, 0.3) is 0 Å². The van der Waals surface area contributed by atoms with Crippen molar-refractivity contribution >= 4 is 11.7 Å². The van der Waals surface area contributed by atoms with Crippen LogP contribution in [0, 0.1) is 0 Å². The molecule has 2 rings (SSSR count). The van der Waals surface area contributed by atoms with Crippen molar-refractivity contribution in [1.82, 2.24) is 30.0 Å². The second kappa shape index (κ2) is 5.87. The number of aryl methyl sites for hydroxylation is 1. The highest BCUT2D eigenvalue weighted by Crippen LogP contribution is 2.01. The molecule has 9 heteroatoms. The van der Waals surface area contributed by atoms with E-state index in [-0.39, 0.29) is 18.1 Å². The molecule has 0 aliphatic rings. The number of rotatable bonds is 5. The van der Waals surface area contributed by atoms with Gasteiger partial charge in [0.05, 0.1) is 18.9 Å². The van der Waals surface area contributed by atoms with Crippen LogP contribution < -0.4 is 16.6 Å². The van der Waals surface area contributed by atoms with E-state index in [0.717, 1.165) is 6.54 Å². The van der Waals surface area contributed by atoms with Crippen LogP contribution in [0.1, 0.15) is 23.2 Å². The van der Waals surface area contributed by atoms with Crippen LogP contribution in [0.4, 0.5) is 5.82 Å². The van der Waals surface area contributed by atoms with E-state index in [2.05, 4.69) is 30.9 Å². The van der Waals surface area contributed by atoms with Crippen molar-refractivity contribution in [2.75, 3.05) is 5.43 Å². The lowest BCUT2D eigenvalue weighted by Gasteiger charge is -2.06. The van der Waals surface area contributed by atoms with Crippen LogP contribution in [0.15, 0.2) is 18.7 Å². The summed E-state index contributed by atoms with van der Waals surface area (Å²) in [5, 5.41) is 10.4. The highest BCUT2D eigenvalue weighted by Gasteiger charge is 2.10. The van der Waals surface area contributed by atoms with E-state index >= 15 is 0 Å². The SMILES string of the molecule is CCn1cnnc1CNC(=O)c1cncc(NN)n1. The van der Waals surface area contributed by atoms with Gasteiger partial charge in [0.1, 0.15) is 12.0 Å². The number of aromatic nitrogens is 5. The number of hydrogen-bond donors (Lipinski definition) is 3. The van der Waals surface area contributed by atoms with Crippen molar-refractivity contribution in [3.05, 3.63) is 30.2 Å². The zero-order valence-corrected chi connectivity index (χ0v) is 10.4. The van der Waals surface area contributed by atoms with Crippen LogP contribution in [0.3, 0.4) is 0 Å². The Balaban J connectivity index is 2.01. The maximum absolute atomic E-state index is 11.9. The lowest BCUT2D eigenvalue weighted by atomic mass is 10.4. The first-order valence-corrected chi connectivity index (χ1v) is 5.68. The first-order valence-electron chi connectivity index (χ1n) is 5.68. The van der Waals surface area contributed by atoms with Crippen LogP contribution in [0.2, 0.25) is 0 Å². The molecule has 0 saturated heterocycles. The summed E-state index contributed by atoms with van der Waals surface area (Å²) >= 11 is 0. The Kier molecular flexibility index (Phi) is 3.98. The number of carbonyl (C=O) groups is 1. The molecule has 2 aromatic heterocycles. The Morgan fingerprint density at radius 3 is 3.05 bits per heavy atom. The van der Waals surface area contributed by atoms with Crippen LogP contribution in [-0.2, 0) is 13.1 Å². The van der Waals surface area contributed by atoms with E-state index < -0.39 is 0 Å². The summed E-state index contributed by atoms with van der Waals surface area (Å²) in [6.45, 7) is 2.98. The molecule has 2 heterocycles. The van der Waals surface area contributed by atoms with Crippen molar-refractivity contribution in [1.29, 1.82) is 0 Å². The molecule has 100 valence electrons. The molecule has 0 fully saturated rings. The van der Waals surface area contributed by atoms with Gasteiger partial charge in [-0.15, -0.1) is 10.2 Å². The van der Waals surface area contributed by atoms with Gasteiger partial charge < -0.3 is 15.3 Å². The number of anilines is 1. The summed E-state index contributed by atoms with van der Waals surface area (Å²) < 4.78 is 1.84. The van der Waals surface area contributed by atoms with Crippen LogP contribution in [0.5, 0.6) is 0 Å². The average Bonchev–Trinajstić information content (AvgIpc) is 2.92. The number of carbonyl (C=O) groups excluding carboxylic acids is 1. The minimum Gasteiger partial charge on any atom is -0.343 e. The summed E-state index contributed by atoms with van der Waals surface area (Å²) in [5.74, 6) is 5.85. The molecule has 0 atom stereocenters. The fourth-order valence-electron chi connectivity index (χ4n) is 1.47. The van der Waals surface area contributed by atoms with Gasteiger partial charge in [0.2, 0.25) is 0 Å². The Morgan fingerprint density at radius 2 is 2.32 bits per heavy atom. The van der Waals surface area contributed by atoms with Gasteiger partial charge in [0.15, 0.2) is 11.6 Å². The van der Waals surface area contributed by atoms with Gasteiger partial charge in [-0.3, -0.25) is 9.78 Å². The molecule has 0 aliphatic carbocycles. The highest BCUT2D eigenvalue weighted by atomic mass is 16.1. The average molecular weight is 262 g/mol. The summed E-state index contributed by atoms with van der Waals surface area (Å²) in [6, 6.07) is 0. The molecule has 0 radical (unpaired) electrons. The number of nitrogens with two attached hydrogens (primary N) is 1. The molecule has 0 aromatic carbocycles. The van der Waals surface area contributed by atoms with Gasteiger partial charge in [-0.2, -0.15) is 0 Å². The smallest absolute Gasteiger partial charge is 0.271 e. The summed E-state index contributed by atoms with van der Waals surface area (Å²) in [7, 11) is 0. The van der Waals surface area contributed by atoms with Gasteiger partial charge >= 0.3 is 0 Å². The zero-order valence-electron chi connectivity index (χ0n) is 10.4. The number of nitrogen functional groups attached to an aromatic ring is 1. The standard InChI is InChI=1S/C10H14N8O/c1-2-18-6-14-17-9(18)5-13-10(19)7-3-12-4-8(15-7)16-11/h3-4,6H,2,5,11H2,1H3,(H,13,19)(H,15,16). The molecule has 19 heavy (non-hydrogen) atoms. The van der Waals surface area contributed by atoms with Crippen LogP contribution >= 0.6 is 0 Å². The van der Waals surface area contributed by atoms with E-state index in [0.29, 0.717) is 11.6 Å². The van der Waals surface area contributed by atoms with Gasteiger partial charge in [-0.1, -0.05) is 0 Å². The van der Waals surface area contributed by atoms with E-state index in [1.807, 2.05) is 11.5 Å². The summed E-state index contributed by atoms with van der Waals surface area (Å²) in [6.07, 6.45) is 4.39. The second-order valence-electron chi connectivity index (χ2n) is 3.65. The van der Waals surface area contributed by atoms with E-state index in [1.165, 1.54) is 12.4 Å². The maximum atomic E-state index is 11.9. The van der Waals surface area contributed by atoms with Gasteiger partial charge in [-0.25, -0.2) is 10.8 Å². The Morgan fingerprint density at radius 1 is 1.47 bits per heavy atom. The minimum atomic E-state index is -0.352.